The molecule has 1 aliphatic heterocycles. The molecule has 0 radical (unpaired) electrons. The van der Waals surface area contributed by atoms with Gasteiger partial charge < -0.3 is 19.3 Å². The Morgan fingerprint density at radius 1 is 0.977 bits per heavy atom. The summed E-state index contributed by atoms with van der Waals surface area (Å²) >= 11 is 6.33. The van der Waals surface area contributed by atoms with E-state index in [9.17, 15) is 4.79 Å². The molecule has 1 amide bonds. The summed E-state index contributed by atoms with van der Waals surface area (Å²) in [6.45, 7) is 0.944. The van der Waals surface area contributed by atoms with Crippen molar-refractivity contribution in [2.75, 3.05) is 26.9 Å². The van der Waals surface area contributed by atoms with Gasteiger partial charge in [0.2, 0.25) is 5.90 Å². The molecule has 0 saturated heterocycles. The van der Waals surface area contributed by atoms with Crippen LogP contribution in [0.1, 0.15) is 34.8 Å². The highest BCUT2D eigenvalue weighted by Crippen LogP contribution is 2.43. The second-order valence-electron chi connectivity index (χ2n) is 10.5. The van der Waals surface area contributed by atoms with Crippen LogP contribution >= 0.6 is 11.6 Å². The van der Waals surface area contributed by atoms with Crippen LogP contribution in [0.2, 0.25) is 5.02 Å². The summed E-state index contributed by atoms with van der Waals surface area (Å²) in [5, 5.41) is 9.73. The van der Waals surface area contributed by atoms with Crippen molar-refractivity contribution in [3.05, 3.63) is 130 Å². The van der Waals surface area contributed by atoms with Gasteiger partial charge in [0.15, 0.2) is 11.6 Å². The van der Waals surface area contributed by atoms with Gasteiger partial charge in [0, 0.05) is 36.6 Å². The fourth-order valence-corrected chi connectivity index (χ4v) is 5.37. The van der Waals surface area contributed by atoms with Gasteiger partial charge in [-0.1, -0.05) is 72.3 Å². The van der Waals surface area contributed by atoms with Crippen molar-refractivity contribution in [1.82, 2.24) is 10.9 Å². The fraction of sp³-hybridized carbons (Fsp3) is 0.257. The van der Waals surface area contributed by atoms with Crippen LogP contribution in [-0.2, 0) is 22.4 Å². The smallest absolute Gasteiger partial charge is 0.266 e. The Hall–Kier alpha value is -4.37. The van der Waals surface area contributed by atoms with Gasteiger partial charge in [-0.2, -0.15) is 0 Å². The lowest BCUT2D eigenvalue weighted by atomic mass is 9.82. The zero-order chi connectivity index (χ0) is 30.8. The molecule has 0 spiro atoms. The first-order chi connectivity index (χ1) is 21.5. The van der Waals surface area contributed by atoms with Crippen LogP contribution in [0.5, 0.6) is 11.5 Å². The molecule has 0 aromatic heterocycles. The van der Waals surface area contributed by atoms with E-state index in [-0.39, 0.29) is 12.5 Å². The van der Waals surface area contributed by atoms with Crippen LogP contribution in [0, 0.1) is 0 Å². The molecule has 0 saturated carbocycles. The van der Waals surface area contributed by atoms with Crippen molar-refractivity contribution in [2.24, 2.45) is 4.99 Å². The largest absolute Gasteiger partial charge is 0.497 e. The lowest BCUT2D eigenvalue weighted by Crippen LogP contribution is -2.54. The molecule has 0 bridgehead atoms. The third-order valence-corrected chi connectivity index (χ3v) is 7.79. The third kappa shape index (κ3) is 7.39. The highest BCUT2D eigenvalue weighted by Gasteiger charge is 2.53. The minimum absolute atomic E-state index is 0.0643. The Kier molecular flexibility index (Phi) is 10.5. The highest BCUT2D eigenvalue weighted by molar-refractivity contribution is 6.31. The van der Waals surface area contributed by atoms with E-state index < -0.39 is 11.6 Å². The maximum atomic E-state index is 14.3. The van der Waals surface area contributed by atoms with Gasteiger partial charge in [-0.15, -0.1) is 0 Å². The average molecular weight is 614 g/mol. The van der Waals surface area contributed by atoms with Crippen molar-refractivity contribution < 1.29 is 24.1 Å². The molecule has 0 aliphatic carbocycles. The Bertz CT molecular complexity index is 1560. The molecule has 9 heteroatoms. The number of aliphatic hydroxyl groups excluding tert-OH is 1. The standard InChI is InChI=1S/C35H36ClN3O5/c1-42-30-13-7-12-28(23-30)32-35(24-25-9-3-2-4-10-25,34(41)39-37-20-19-26-11-5-6-14-31(26)36)38-33(44-32)27-15-17-29(18-16-27)43-22-8-21-40/h2-7,9-18,23,32,37,40H,8,19-22,24H2,1H3,(H,39,41)/t32-,35-/m0/s1. The Morgan fingerprint density at radius 3 is 2.50 bits per heavy atom. The second kappa shape index (κ2) is 14.9. The zero-order valence-corrected chi connectivity index (χ0v) is 25.3. The van der Waals surface area contributed by atoms with Crippen LogP contribution in [-0.4, -0.2) is 49.3 Å². The Labute approximate surface area is 262 Å². The normalized spacial score (nSPS) is 17.4. The minimum atomic E-state index is -1.35. The van der Waals surface area contributed by atoms with Crippen molar-refractivity contribution >= 4 is 23.4 Å². The molecular formula is C35H36ClN3O5. The number of benzene rings is 4. The number of nitrogens with one attached hydrogen (secondary N) is 2. The number of halogens is 1. The summed E-state index contributed by atoms with van der Waals surface area (Å²) in [5.41, 5.74) is 8.05. The molecule has 4 aromatic rings. The molecule has 2 atom stereocenters. The monoisotopic (exact) mass is 613 g/mol. The van der Waals surface area contributed by atoms with Crippen LogP contribution in [0.4, 0.5) is 0 Å². The summed E-state index contributed by atoms with van der Waals surface area (Å²) in [5.74, 6) is 1.34. The number of carbonyl (C=O) groups is 1. The number of aliphatic imine (C=N–C) groups is 1. The summed E-state index contributed by atoms with van der Waals surface area (Å²) in [4.78, 5) is 19.4. The fourth-order valence-electron chi connectivity index (χ4n) is 5.14. The average Bonchev–Trinajstić information content (AvgIpc) is 3.45. The molecule has 3 N–H and O–H groups in total. The van der Waals surface area contributed by atoms with E-state index in [0.717, 1.165) is 16.7 Å². The van der Waals surface area contributed by atoms with Crippen molar-refractivity contribution in [1.29, 1.82) is 0 Å². The minimum Gasteiger partial charge on any atom is -0.497 e. The topological polar surface area (TPSA) is 101 Å². The van der Waals surface area contributed by atoms with Crippen LogP contribution in [0.15, 0.2) is 108 Å². The first-order valence-corrected chi connectivity index (χ1v) is 15.0. The quantitative estimate of drug-likeness (QED) is 0.129. The first-order valence-electron chi connectivity index (χ1n) is 14.6. The van der Waals surface area contributed by atoms with E-state index in [1.165, 1.54) is 0 Å². The molecule has 1 aliphatic rings. The van der Waals surface area contributed by atoms with Gasteiger partial charge in [0.1, 0.15) is 11.5 Å². The number of hydrogen-bond acceptors (Lipinski definition) is 7. The number of amides is 1. The van der Waals surface area contributed by atoms with Gasteiger partial charge in [0.05, 0.1) is 13.7 Å². The van der Waals surface area contributed by atoms with E-state index in [0.29, 0.717) is 60.4 Å². The number of nitrogens with zero attached hydrogens (tertiary/aromatic N) is 1. The first kappa shape index (κ1) is 31.1. The van der Waals surface area contributed by atoms with Crippen molar-refractivity contribution in [3.8, 4) is 11.5 Å². The predicted octanol–water partition coefficient (Wildman–Crippen LogP) is 5.47. The van der Waals surface area contributed by atoms with E-state index in [1.807, 2.05) is 103 Å². The predicted molar refractivity (Wildman–Crippen MR) is 171 cm³/mol. The lowest BCUT2D eigenvalue weighted by Gasteiger charge is -2.31. The lowest BCUT2D eigenvalue weighted by molar-refractivity contribution is -0.130. The molecule has 44 heavy (non-hydrogen) atoms. The molecule has 5 rings (SSSR count). The second-order valence-corrected chi connectivity index (χ2v) is 10.9. The van der Waals surface area contributed by atoms with Crippen LogP contribution < -0.4 is 20.3 Å². The summed E-state index contributed by atoms with van der Waals surface area (Å²) < 4.78 is 17.8. The number of hydrogen-bond donors (Lipinski definition) is 3. The number of rotatable bonds is 14. The summed E-state index contributed by atoms with van der Waals surface area (Å²) in [6.07, 6.45) is 0.713. The summed E-state index contributed by atoms with van der Waals surface area (Å²) in [7, 11) is 1.60. The van der Waals surface area contributed by atoms with E-state index in [2.05, 4.69) is 10.9 Å². The molecule has 8 nitrogen and oxygen atoms in total. The van der Waals surface area contributed by atoms with Crippen molar-refractivity contribution in [2.45, 2.75) is 30.9 Å². The maximum absolute atomic E-state index is 14.3. The molecule has 0 fully saturated rings. The molecule has 0 unspecified atom stereocenters. The number of methoxy groups -OCH3 is 1. The third-order valence-electron chi connectivity index (χ3n) is 7.42. The summed E-state index contributed by atoms with van der Waals surface area (Å²) in [6, 6.07) is 32.3. The molecular weight excluding hydrogens is 578 g/mol. The van der Waals surface area contributed by atoms with Gasteiger partial charge >= 0.3 is 0 Å². The molecule has 4 aromatic carbocycles. The Morgan fingerprint density at radius 2 is 1.75 bits per heavy atom. The van der Waals surface area contributed by atoms with Gasteiger partial charge in [-0.3, -0.25) is 10.2 Å². The Balaban J connectivity index is 1.48. The van der Waals surface area contributed by atoms with Gasteiger partial charge in [-0.25, -0.2) is 10.4 Å². The number of carbonyl (C=O) groups excluding carboxylic acids is 1. The number of aliphatic hydroxyl groups is 1. The molecule has 228 valence electrons. The maximum Gasteiger partial charge on any atom is 0.266 e. The SMILES string of the molecule is COc1cccc([C@@H]2OC(c3ccc(OCCCO)cc3)=N[C@]2(Cc2ccccc2)C(=O)NNCCc2ccccc2Cl)c1. The highest BCUT2D eigenvalue weighted by atomic mass is 35.5. The number of ether oxygens (including phenoxy) is 3. The van der Waals surface area contributed by atoms with E-state index >= 15 is 0 Å². The van der Waals surface area contributed by atoms with Crippen LogP contribution in [0.3, 0.4) is 0 Å². The van der Waals surface area contributed by atoms with Crippen molar-refractivity contribution in [3.63, 3.8) is 0 Å². The molecule has 1 heterocycles. The van der Waals surface area contributed by atoms with Crippen LogP contribution in [0.25, 0.3) is 0 Å². The number of hydrazine groups is 1. The van der Waals surface area contributed by atoms with E-state index in [4.69, 9.17) is 35.9 Å². The van der Waals surface area contributed by atoms with Gasteiger partial charge in [0.25, 0.3) is 5.91 Å². The van der Waals surface area contributed by atoms with Gasteiger partial charge in [-0.05, 0) is 65.6 Å². The zero-order valence-electron chi connectivity index (χ0n) is 24.5. The van der Waals surface area contributed by atoms with E-state index in [1.54, 1.807) is 7.11 Å².